The minimum Gasteiger partial charge on any atom is -0.384 e. The summed E-state index contributed by atoms with van der Waals surface area (Å²) in [5.74, 6) is 0.591. The lowest BCUT2D eigenvalue weighted by molar-refractivity contribution is 0.968. The van der Waals surface area contributed by atoms with E-state index in [4.69, 9.17) is 16.1 Å². The Kier molecular flexibility index (Phi) is 4.11. The van der Waals surface area contributed by atoms with Crippen molar-refractivity contribution in [3.05, 3.63) is 96.5 Å². The SMILES string of the molecule is N=C1C(c2c(N)n(C3=CC=CCC3)c3cccnc23)=[N+](c2ccccc2)c2cccnc21. The van der Waals surface area contributed by atoms with E-state index in [1.165, 1.54) is 0 Å². The zero-order valence-electron chi connectivity index (χ0n) is 17.4. The second kappa shape index (κ2) is 7.13. The Morgan fingerprint density at radius 2 is 1.78 bits per heavy atom. The predicted molar refractivity (Wildman–Crippen MR) is 130 cm³/mol. The zero-order valence-corrected chi connectivity index (χ0v) is 17.4. The number of aromatic nitrogens is 3. The van der Waals surface area contributed by atoms with Crippen LogP contribution in [0.2, 0.25) is 0 Å². The number of nitrogens with one attached hydrogen (secondary N) is 1. The van der Waals surface area contributed by atoms with E-state index in [1.807, 2.05) is 54.6 Å². The molecule has 6 rings (SSSR count). The Bertz CT molecular complexity index is 1490. The molecule has 6 nitrogen and oxygen atoms in total. The van der Waals surface area contributed by atoms with Crippen molar-refractivity contribution < 1.29 is 0 Å². The van der Waals surface area contributed by atoms with E-state index in [9.17, 15) is 0 Å². The van der Waals surface area contributed by atoms with Crippen LogP contribution in [0.15, 0.2) is 85.2 Å². The molecule has 2 aliphatic rings. The molecule has 1 aliphatic carbocycles. The van der Waals surface area contributed by atoms with Crippen LogP contribution in [-0.4, -0.2) is 26.0 Å². The summed E-state index contributed by atoms with van der Waals surface area (Å²) in [7, 11) is 0. The normalized spacial score (nSPS) is 15.4. The molecule has 0 spiro atoms. The van der Waals surface area contributed by atoms with Crippen LogP contribution in [0.1, 0.15) is 24.1 Å². The smallest absolute Gasteiger partial charge is 0.252 e. The van der Waals surface area contributed by atoms with Crippen LogP contribution in [0.25, 0.3) is 16.7 Å². The average Bonchev–Trinajstić information content (AvgIpc) is 3.30. The summed E-state index contributed by atoms with van der Waals surface area (Å²) < 4.78 is 4.16. The first kappa shape index (κ1) is 18.4. The molecule has 6 heteroatoms. The highest BCUT2D eigenvalue weighted by molar-refractivity contribution is 6.58. The number of anilines is 1. The Morgan fingerprint density at radius 1 is 0.969 bits per heavy atom. The van der Waals surface area contributed by atoms with E-state index in [1.54, 1.807) is 12.4 Å². The quantitative estimate of drug-likeness (QED) is 0.465. The van der Waals surface area contributed by atoms with E-state index in [0.717, 1.165) is 46.5 Å². The number of hydrogen-bond acceptors (Lipinski definition) is 4. The van der Waals surface area contributed by atoms with Gasteiger partial charge < -0.3 is 5.73 Å². The standard InChI is InChI=1S/C26H20N6/c27-22-24-20(14-8-16-30-24)31(17-9-3-1-4-10-17)25(22)21-23-19(13-7-15-29-23)32(26(21)28)18-11-5-2-6-12-18/h1-5,7-11,13-16,27-28H,6,12H2/p+1. The lowest BCUT2D eigenvalue weighted by Crippen LogP contribution is -2.21. The molecule has 3 aromatic heterocycles. The third kappa shape index (κ3) is 2.59. The van der Waals surface area contributed by atoms with Gasteiger partial charge in [-0.2, -0.15) is 0 Å². The number of fused-ring (bicyclic) bond motifs is 2. The molecule has 0 atom stereocenters. The second-order valence-electron chi connectivity index (χ2n) is 7.86. The maximum Gasteiger partial charge on any atom is 0.252 e. The first-order chi connectivity index (χ1) is 15.8. The highest BCUT2D eigenvalue weighted by Gasteiger charge is 2.42. The van der Waals surface area contributed by atoms with Crippen molar-refractivity contribution in [1.82, 2.24) is 19.1 Å². The first-order valence-corrected chi connectivity index (χ1v) is 10.6. The molecule has 0 fully saturated rings. The van der Waals surface area contributed by atoms with Gasteiger partial charge >= 0.3 is 0 Å². The van der Waals surface area contributed by atoms with Crippen molar-refractivity contribution in [3.8, 4) is 0 Å². The molecule has 0 bridgehead atoms. The first-order valence-electron chi connectivity index (χ1n) is 10.6. The highest BCUT2D eigenvalue weighted by Crippen LogP contribution is 2.38. The molecule has 4 heterocycles. The number of allylic oxidation sites excluding steroid dienone is 4. The highest BCUT2D eigenvalue weighted by atomic mass is 15.1. The molecule has 0 unspecified atom stereocenters. The van der Waals surface area contributed by atoms with Gasteiger partial charge in [-0.3, -0.25) is 15.0 Å². The second-order valence-corrected chi connectivity index (χ2v) is 7.86. The average molecular weight is 417 g/mol. The van der Waals surface area contributed by atoms with E-state index in [2.05, 4.69) is 32.4 Å². The van der Waals surface area contributed by atoms with Crippen molar-refractivity contribution in [1.29, 1.82) is 5.41 Å². The number of pyridine rings is 2. The van der Waals surface area contributed by atoms with E-state index >= 15 is 0 Å². The fourth-order valence-electron chi connectivity index (χ4n) is 4.65. The van der Waals surface area contributed by atoms with Gasteiger partial charge in [-0.05, 0) is 37.1 Å². The molecule has 32 heavy (non-hydrogen) atoms. The largest absolute Gasteiger partial charge is 0.384 e. The van der Waals surface area contributed by atoms with Crippen LogP contribution >= 0.6 is 0 Å². The third-order valence-electron chi connectivity index (χ3n) is 6.02. The van der Waals surface area contributed by atoms with Gasteiger partial charge in [-0.1, -0.05) is 30.4 Å². The Labute approximate surface area is 185 Å². The third-order valence-corrected chi connectivity index (χ3v) is 6.02. The summed E-state index contributed by atoms with van der Waals surface area (Å²) in [6, 6.07) is 17.9. The van der Waals surface area contributed by atoms with Crippen LogP contribution < -0.4 is 10.3 Å². The summed E-state index contributed by atoms with van der Waals surface area (Å²) in [5, 5.41) is 9.07. The molecule has 0 saturated carbocycles. The van der Waals surface area contributed by atoms with Gasteiger partial charge in [0.2, 0.25) is 11.4 Å². The monoisotopic (exact) mass is 417 g/mol. The molecule has 0 radical (unpaired) electrons. The van der Waals surface area contributed by atoms with Gasteiger partial charge in [-0.25, -0.2) is 4.98 Å². The fourth-order valence-corrected chi connectivity index (χ4v) is 4.65. The molecule has 1 aromatic carbocycles. The van der Waals surface area contributed by atoms with E-state index < -0.39 is 0 Å². The minimum absolute atomic E-state index is 0.346. The number of nitrogen functional groups attached to an aromatic ring is 1. The summed E-state index contributed by atoms with van der Waals surface area (Å²) >= 11 is 0. The van der Waals surface area contributed by atoms with E-state index in [0.29, 0.717) is 22.9 Å². The lowest BCUT2D eigenvalue weighted by atomic mass is 10.1. The van der Waals surface area contributed by atoms with Crippen molar-refractivity contribution >= 4 is 45.3 Å². The molecule has 1 aliphatic heterocycles. The summed E-state index contributed by atoms with van der Waals surface area (Å²) in [5.41, 5.74) is 14.0. The van der Waals surface area contributed by atoms with Gasteiger partial charge in [0.25, 0.3) is 5.71 Å². The van der Waals surface area contributed by atoms with Crippen molar-refractivity contribution in [2.45, 2.75) is 12.8 Å². The number of rotatable bonds is 3. The summed E-state index contributed by atoms with van der Waals surface area (Å²) in [4.78, 5) is 9.24. The number of hydrogen-bond donors (Lipinski definition) is 2. The molecule has 0 saturated heterocycles. The fraction of sp³-hybridized carbons (Fsp3) is 0.0769. The maximum atomic E-state index is 9.07. The molecular formula is C26H21N6+. The van der Waals surface area contributed by atoms with Gasteiger partial charge in [0, 0.05) is 36.3 Å². The van der Waals surface area contributed by atoms with Crippen molar-refractivity contribution in [2.24, 2.45) is 0 Å². The predicted octanol–water partition coefficient (Wildman–Crippen LogP) is 4.91. The molecule has 154 valence electrons. The molecule has 0 amide bonds. The molecule has 4 aromatic rings. The molecular weight excluding hydrogens is 396 g/mol. The van der Waals surface area contributed by atoms with Crippen LogP contribution in [0.4, 0.5) is 17.2 Å². The zero-order chi connectivity index (χ0) is 21.7. The number of para-hydroxylation sites is 1. The number of nitrogens with zero attached hydrogens (tertiary/aromatic N) is 4. The van der Waals surface area contributed by atoms with Gasteiger partial charge in [0.15, 0.2) is 11.4 Å². The van der Waals surface area contributed by atoms with Crippen LogP contribution in [0.5, 0.6) is 0 Å². The molecule has 3 N–H and O–H groups in total. The summed E-state index contributed by atoms with van der Waals surface area (Å²) in [6.45, 7) is 0. The van der Waals surface area contributed by atoms with Crippen molar-refractivity contribution in [3.63, 3.8) is 0 Å². The number of benzene rings is 1. The van der Waals surface area contributed by atoms with Gasteiger partial charge in [-0.15, -0.1) is 4.58 Å². The lowest BCUT2D eigenvalue weighted by Gasteiger charge is -2.14. The van der Waals surface area contributed by atoms with Crippen LogP contribution in [-0.2, 0) is 0 Å². The van der Waals surface area contributed by atoms with Crippen LogP contribution in [0.3, 0.4) is 0 Å². The van der Waals surface area contributed by atoms with Gasteiger partial charge in [0.05, 0.1) is 5.52 Å². The topological polar surface area (TPSA) is 83.6 Å². The van der Waals surface area contributed by atoms with Crippen LogP contribution in [0, 0.1) is 5.41 Å². The Balaban J connectivity index is 1.72. The Morgan fingerprint density at radius 3 is 2.59 bits per heavy atom. The maximum absolute atomic E-state index is 9.07. The minimum atomic E-state index is 0.346. The van der Waals surface area contributed by atoms with E-state index in [-0.39, 0.29) is 0 Å². The summed E-state index contributed by atoms with van der Waals surface area (Å²) in [6.07, 6.45) is 11.7. The van der Waals surface area contributed by atoms with Gasteiger partial charge in [0.1, 0.15) is 16.9 Å². The number of nitrogens with two attached hydrogens (primary N) is 1. The Hall–Kier alpha value is -4.32. The van der Waals surface area contributed by atoms with Crippen molar-refractivity contribution in [2.75, 3.05) is 5.73 Å².